The van der Waals surface area contributed by atoms with Gasteiger partial charge in [0.15, 0.2) is 0 Å². The number of nitrogens with zero attached hydrogens (tertiary/aromatic N) is 2. The predicted octanol–water partition coefficient (Wildman–Crippen LogP) is 1.87. The van der Waals surface area contributed by atoms with Crippen LogP contribution in [0.2, 0.25) is 0 Å². The molecule has 0 aliphatic carbocycles. The first-order valence-electron chi connectivity index (χ1n) is 4.18. The lowest BCUT2D eigenvalue weighted by Gasteiger charge is -2.10. The Hall–Kier alpha value is -0.530. The lowest BCUT2D eigenvalue weighted by molar-refractivity contribution is 0.319. The van der Waals surface area contributed by atoms with E-state index in [1.807, 2.05) is 0 Å². The van der Waals surface area contributed by atoms with Gasteiger partial charge in [-0.25, -0.2) is 0 Å². The molecule has 0 amide bonds. The zero-order chi connectivity index (χ0) is 7.40. The van der Waals surface area contributed by atoms with Crippen LogP contribution < -0.4 is 0 Å². The van der Waals surface area contributed by atoms with Gasteiger partial charge in [0.1, 0.15) is 0 Å². The van der Waals surface area contributed by atoms with Gasteiger partial charge >= 0.3 is 0 Å². The molecule has 0 aromatic rings. The summed E-state index contributed by atoms with van der Waals surface area (Å²) in [5, 5.41) is 6.63. The molecule has 0 bridgehead atoms. The zero-order valence-electron chi connectivity index (χ0n) is 6.93. The molecule has 0 fully saturated rings. The summed E-state index contributed by atoms with van der Waals surface area (Å²) in [6.07, 6.45) is 3.53. The van der Waals surface area contributed by atoms with Crippen molar-refractivity contribution in [1.29, 1.82) is 0 Å². The van der Waals surface area contributed by atoms with Crippen LogP contribution in [0.4, 0.5) is 0 Å². The Morgan fingerprint density at radius 1 is 1.50 bits per heavy atom. The van der Waals surface area contributed by atoms with Gasteiger partial charge < -0.3 is 0 Å². The normalized spacial score (nSPS) is 17.8. The van der Waals surface area contributed by atoms with Gasteiger partial charge in [0.05, 0.1) is 0 Å². The number of hydrogen-bond acceptors (Lipinski definition) is 2. The monoisotopic (exact) mass is 140 g/mol. The van der Waals surface area contributed by atoms with Gasteiger partial charge in [-0.2, -0.15) is 5.10 Å². The van der Waals surface area contributed by atoms with E-state index in [2.05, 4.69) is 24.0 Å². The van der Waals surface area contributed by atoms with Crippen LogP contribution in [0.5, 0.6) is 0 Å². The van der Waals surface area contributed by atoms with Gasteiger partial charge in [0, 0.05) is 25.2 Å². The third-order valence-electron chi connectivity index (χ3n) is 1.83. The second-order valence-corrected chi connectivity index (χ2v) is 2.72. The molecule has 0 aromatic carbocycles. The van der Waals surface area contributed by atoms with Gasteiger partial charge in [-0.3, -0.25) is 5.01 Å². The van der Waals surface area contributed by atoms with Crippen molar-refractivity contribution in [3.63, 3.8) is 0 Å². The standard InChI is InChI=1S/C8H16N2/c1-3-6-10-7-5-8(4-2)9-10/h3-7H2,1-2H3. The second kappa shape index (κ2) is 3.59. The Kier molecular flexibility index (Phi) is 2.72. The van der Waals surface area contributed by atoms with Crippen molar-refractivity contribution in [3.8, 4) is 0 Å². The molecule has 1 heterocycles. The van der Waals surface area contributed by atoms with Crippen molar-refractivity contribution < 1.29 is 0 Å². The Morgan fingerprint density at radius 2 is 2.30 bits per heavy atom. The average molecular weight is 140 g/mol. The van der Waals surface area contributed by atoms with Crippen LogP contribution in [0.15, 0.2) is 5.10 Å². The minimum atomic E-state index is 1.13. The SMILES string of the molecule is CCCN1CCC(CC)=N1. The van der Waals surface area contributed by atoms with E-state index < -0.39 is 0 Å². The van der Waals surface area contributed by atoms with Crippen molar-refractivity contribution in [1.82, 2.24) is 5.01 Å². The van der Waals surface area contributed by atoms with Crippen LogP contribution >= 0.6 is 0 Å². The summed E-state index contributed by atoms with van der Waals surface area (Å²) in [6, 6.07) is 0. The van der Waals surface area contributed by atoms with Crippen LogP contribution in [0.1, 0.15) is 33.1 Å². The molecule has 0 aromatic heterocycles. The second-order valence-electron chi connectivity index (χ2n) is 2.72. The van der Waals surface area contributed by atoms with Gasteiger partial charge in [-0.15, -0.1) is 0 Å². The largest absolute Gasteiger partial charge is 0.297 e. The van der Waals surface area contributed by atoms with E-state index in [0.717, 1.165) is 19.5 Å². The van der Waals surface area contributed by atoms with E-state index in [4.69, 9.17) is 0 Å². The van der Waals surface area contributed by atoms with Gasteiger partial charge in [0.2, 0.25) is 0 Å². The summed E-state index contributed by atoms with van der Waals surface area (Å²) >= 11 is 0. The summed E-state index contributed by atoms with van der Waals surface area (Å²) in [6.45, 7) is 6.65. The molecule has 1 aliphatic heterocycles. The fraction of sp³-hybridized carbons (Fsp3) is 0.875. The molecular weight excluding hydrogens is 124 g/mol. The fourth-order valence-electron chi connectivity index (χ4n) is 1.23. The minimum Gasteiger partial charge on any atom is -0.297 e. The van der Waals surface area contributed by atoms with Crippen LogP contribution in [0.25, 0.3) is 0 Å². The molecule has 58 valence electrons. The zero-order valence-corrected chi connectivity index (χ0v) is 6.93. The minimum absolute atomic E-state index is 1.13. The first-order chi connectivity index (χ1) is 4.86. The lowest BCUT2D eigenvalue weighted by Crippen LogP contribution is -2.14. The third kappa shape index (κ3) is 1.72. The maximum absolute atomic E-state index is 4.45. The molecule has 2 nitrogen and oxygen atoms in total. The van der Waals surface area contributed by atoms with E-state index in [-0.39, 0.29) is 0 Å². The van der Waals surface area contributed by atoms with Crippen LogP contribution in [0, 0.1) is 0 Å². The molecule has 0 radical (unpaired) electrons. The van der Waals surface area contributed by atoms with E-state index >= 15 is 0 Å². The Labute approximate surface area is 62.9 Å². The third-order valence-corrected chi connectivity index (χ3v) is 1.83. The summed E-state index contributed by atoms with van der Waals surface area (Å²) in [5.74, 6) is 0. The van der Waals surface area contributed by atoms with E-state index in [9.17, 15) is 0 Å². The molecule has 1 aliphatic rings. The molecule has 0 saturated heterocycles. The maximum Gasteiger partial charge on any atom is 0.0413 e. The summed E-state index contributed by atoms with van der Waals surface area (Å²) in [5.41, 5.74) is 1.37. The van der Waals surface area contributed by atoms with Crippen molar-refractivity contribution >= 4 is 5.71 Å². The predicted molar refractivity (Wildman–Crippen MR) is 44.2 cm³/mol. The van der Waals surface area contributed by atoms with Crippen molar-refractivity contribution in [2.45, 2.75) is 33.1 Å². The molecule has 0 atom stereocenters. The molecule has 0 unspecified atom stereocenters. The Morgan fingerprint density at radius 3 is 2.80 bits per heavy atom. The number of hydrogen-bond donors (Lipinski definition) is 0. The summed E-state index contributed by atoms with van der Waals surface area (Å²) < 4.78 is 0. The van der Waals surface area contributed by atoms with Crippen molar-refractivity contribution in [2.24, 2.45) is 5.10 Å². The smallest absolute Gasteiger partial charge is 0.0413 e. The van der Waals surface area contributed by atoms with Gasteiger partial charge in [-0.05, 0) is 12.8 Å². The maximum atomic E-state index is 4.45. The van der Waals surface area contributed by atoms with E-state index in [1.54, 1.807) is 0 Å². The molecular formula is C8H16N2. The quantitative estimate of drug-likeness (QED) is 0.584. The summed E-state index contributed by atoms with van der Waals surface area (Å²) in [4.78, 5) is 0. The molecule has 1 rings (SSSR count). The first kappa shape index (κ1) is 7.58. The fourth-order valence-corrected chi connectivity index (χ4v) is 1.23. The highest BCUT2D eigenvalue weighted by Gasteiger charge is 2.10. The van der Waals surface area contributed by atoms with E-state index in [1.165, 1.54) is 18.6 Å². The number of hydrazone groups is 1. The van der Waals surface area contributed by atoms with E-state index in [0.29, 0.717) is 0 Å². The van der Waals surface area contributed by atoms with Crippen LogP contribution in [-0.2, 0) is 0 Å². The highest BCUT2D eigenvalue weighted by molar-refractivity contribution is 5.85. The topological polar surface area (TPSA) is 15.6 Å². The summed E-state index contributed by atoms with van der Waals surface area (Å²) in [7, 11) is 0. The average Bonchev–Trinajstić information content (AvgIpc) is 2.37. The Bertz CT molecular complexity index is 129. The van der Waals surface area contributed by atoms with Crippen molar-refractivity contribution in [2.75, 3.05) is 13.1 Å². The molecule has 0 N–H and O–H groups in total. The molecule has 0 saturated carbocycles. The number of rotatable bonds is 3. The van der Waals surface area contributed by atoms with Gasteiger partial charge in [-0.1, -0.05) is 13.8 Å². The molecule has 0 spiro atoms. The van der Waals surface area contributed by atoms with Crippen LogP contribution in [0.3, 0.4) is 0 Å². The van der Waals surface area contributed by atoms with Gasteiger partial charge in [0.25, 0.3) is 0 Å². The Balaban J connectivity index is 2.32. The van der Waals surface area contributed by atoms with Crippen molar-refractivity contribution in [3.05, 3.63) is 0 Å². The highest BCUT2D eigenvalue weighted by atomic mass is 15.5. The highest BCUT2D eigenvalue weighted by Crippen LogP contribution is 2.07. The van der Waals surface area contributed by atoms with Crippen LogP contribution in [-0.4, -0.2) is 23.8 Å². The molecule has 2 heteroatoms. The first-order valence-corrected chi connectivity index (χ1v) is 4.18. The lowest BCUT2D eigenvalue weighted by atomic mass is 10.2. The molecule has 10 heavy (non-hydrogen) atoms.